The molecule has 1 aromatic carbocycles. The van der Waals surface area contributed by atoms with Gasteiger partial charge in [-0.2, -0.15) is 4.31 Å². The molecule has 1 aliphatic rings. The summed E-state index contributed by atoms with van der Waals surface area (Å²) in [5.74, 6) is -3.10. The van der Waals surface area contributed by atoms with Gasteiger partial charge in [-0.15, -0.1) is 0 Å². The average Bonchev–Trinajstić information content (AvgIpc) is 2.41. The lowest BCUT2D eigenvalue weighted by molar-refractivity contribution is -0.147. The van der Waals surface area contributed by atoms with E-state index in [4.69, 9.17) is 5.11 Å². The minimum atomic E-state index is -3.99. The third kappa shape index (κ3) is 3.07. The number of rotatable bonds is 3. The van der Waals surface area contributed by atoms with Crippen LogP contribution in [0, 0.1) is 18.7 Å². The fourth-order valence-electron chi connectivity index (χ4n) is 2.36. The van der Waals surface area contributed by atoms with Crippen LogP contribution in [0.15, 0.2) is 23.1 Å². The van der Waals surface area contributed by atoms with Gasteiger partial charge in [0.2, 0.25) is 10.0 Å². The topological polar surface area (TPSA) is 94.9 Å². The summed E-state index contributed by atoms with van der Waals surface area (Å²) in [6.45, 7) is 1.22. The molecule has 21 heavy (non-hydrogen) atoms. The average molecular weight is 317 g/mol. The predicted octanol–water partition coefficient (Wildman–Crippen LogP) is 0.590. The highest BCUT2D eigenvalue weighted by Crippen LogP contribution is 2.26. The molecular weight excluding hydrogens is 301 g/mol. The van der Waals surface area contributed by atoms with Crippen LogP contribution in [-0.2, 0) is 14.8 Å². The number of halogens is 1. The molecular formula is C13H16FNO5S. The van der Waals surface area contributed by atoms with Crippen molar-refractivity contribution < 1.29 is 27.8 Å². The van der Waals surface area contributed by atoms with Crippen LogP contribution >= 0.6 is 0 Å². The van der Waals surface area contributed by atoms with E-state index in [0.29, 0.717) is 5.56 Å². The smallest absolute Gasteiger partial charge is 0.310 e. The number of piperidine rings is 1. The van der Waals surface area contributed by atoms with E-state index >= 15 is 0 Å². The number of sulfonamides is 1. The number of carbonyl (C=O) groups is 1. The zero-order chi connectivity index (χ0) is 15.8. The molecule has 1 aromatic rings. The van der Waals surface area contributed by atoms with E-state index in [1.807, 2.05) is 0 Å². The van der Waals surface area contributed by atoms with Crippen LogP contribution in [0.4, 0.5) is 4.39 Å². The van der Waals surface area contributed by atoms with Gasteiger partial charge in [0.1, 0.15) is 5.82 Å². The Hall–Kier alpha value is -1.51. The summed E-state index contributed by atoms with van der Waals surface area (Å²) in [5, 5.41) is 18.6. The molecule has 8 heteroatoms. The molecule has 116 valence electrons. The number of nitrogens with zero attached hydrogens (tertiary/aromatic N) is 1. The molecule has 0 spiro atoms. The number of aliphatic carboxylic acids is 1. The summed E-state index contributed by atoms with van der Waals surface area (Å²) in [6.07, 6.45) is -1.05. The van der Waals surface area contributed by atoms with Gasteiger partial charge in [0, 0.05) is 13.1 Å². The number of aryl methyl sites for hydroxylation is 1. The van der Waals surface area contributed by atoms with Gasteiger partial charge in [-0.3, -0.25) is 4.79 Å². The summed E-state index contributed by atoms with van der Waals surface area (Å²) in [6, 6.07) is 3.44. The third-order valence-electron chi connectivity index (χ3n) is 3.62. The zero-order valence-corrected chi connectivity index (χ0v) is 12.2. The highest BCUT2D eigenvalue weighted by atomic mass is 32.2. The van der Waals surface area contributed by atoms with Gasteiger partial charge < -0.3 is 10.2 Å². The van der Waals surface area contributed by atoms with Crippen LogP contribution < -0.4 is 0 Å². The fourth-order valence-corrected chi connectivity index (χ4v) is 4.08. The first-order valence-corrected chi connectivity index (χ1v) is 7.84. The second-order valence-electron chi connectivity index (χ2n) is 5.07. The Labute approximate surface area is 121 Å². The molecule has 0 unspecified atom stereocenters. The molecule has 1 saturated heterocycles. The van der Waals surface area contributed by atoms with Gasteiger partial charge in [-0.1, -0.05) is 6.07 Å². The lowest BCUT2D eigenvalue weighted by Gasteiger charge is -2.33. The summed E-state index contributed by atoms with van der Waals surface area (Å²) < 4.78 is 39.3. The maximum atomic E-state index is 13.3. The van der Waals surface area contributed by atoms with Gasteiger partial charge in [-0.25, -0.2) is 12.8 Å². The molecule has 0 radical (unpaired) electrons. The van der Waals surface area contributed by atoms with E-state index in [-0.39, 0.29) is 24.4 Å². The molecule has 1 fully saturated rings. The van der Waals surface area contributed by atoms with Gasteiger partial charge >= 0.3 is 5.97 Å². The number of aliphatic hydroxyl groups excluding tert-OH is 1. The maximum absolute atomic E-state index is 13.3. The van der Waals surface area contributed by atoms with Crippen molar-refractivity contribution in [2.24, 2.45) is 5.92 Å². The number of hydrogen-bond acceptors (Lipinski definition) is 4. The summed E-state index contributed by atoms with van der Waals surface area (Å²) in [5.41, 5.74) is 0.384. The highest BCUT2D eigenvalue weighted by molar-refractivity contribution is 7.89. The largest absolute Gasteiger partial charge is 0.481 e. The monoisotopic (exact) mass is 317 g/mol. The minimum Gasteiger partial charge on any atom is -0.481 e. The van der Waals surface area contributed by atoms with Crippen molar-refractivity contribution >= 4 is 16.0 Å². The van der Waals surface area contributed by atoms with Crippen LogP contribution in [0.2, 0.25) is 0 Å². The first-order valence-electron chi connectivity index (χ1n) is 6.40. The second kappa shape index (κ2) is 5.70. The van der Waals surface area contributed by atoms with Crippen molar-refractivity contribution in [3.05, 3.63) is 29.6 Å². The molecule has 0 aromatic heterocycles. The molecule has 0 aliphatic carbocycles. The number of hydrogen-bond donors (Lipinski definition) is 2. The fraction of sp³-hybridized carbons (Fsp3) is 0.462. The lowest BCUT2D eigenvalue weighted by atomic mass is 9.96. The van der Waals surface area contributed by atoms with Gasteiger partial charge in [0.25, 0.3) is 0 Å². The van der Waals surface area contributed by atoms with Crippen LogP contribution in [0.5, 0.6) is 0 Å². The Kier molecular flexibility index (Phi) is 4.31. The molecule has 1 heterocycles. The maximum Gasteiger partial charge on any atom is 0.310 e. The predicted molar refractivity (Wildman–Crippen MR) is 71.6 cm³/mol. The summed E-state index contributed by atoms with van der Waals surface area (Å²) >= 11 is 0. The number of benzene rings is 1. The van der Waals surface area contributed by atoms with E-state index in [1.54, 1.807) is 6.92 Å². The van der Waals surface area contributed by atoms with Crippen molar-refractivity contribution in [3.8, 4) is 0 Å². The first kappa shape index (κ1) is 15.9. The zero-order valence-electron chi connectivity index (χ0n) is 11.4. The van der Waals surface area contributed by atoms with Crippen molar-refractivity contribution in [1.29, 1.82) is 0 Å². The molecule has 0 saturated carbocycles. The van der Waals surface area contributed by atoms with E-state index < -0.39 is 33.8 Å². The van der Waals surface area contributed by atoms with E-state index in [2.05, 4.69) is 0 Å². The molecule has 0 bridgehead atoms. The van der Waals surface area contributed by atoms with E-state index in [1.165, 1.54) is 6.07 Å². The van der Waals surface area contributed by atoms with Crippen LogP contribution in [-0.4, -0.2) is 48.1 Å². The Bertz CT molecular complexity index is 661. The Morgan fingerprint density at radius 3 is 2.71 bits per heavy atom. The normalized spacial score (nSPS) is 24.0. The quantitative estimate of drug-likeness (QED) is 0.851. The van der Waals surface area contributed by atoms with Crippen molar-refractivity contribution in [3.63, 3.8) is 0 Å². The second-order valence-corrected chi connectivity index (χ2v) is 6.98. The molecule has 2 rings (SSSR count). The van der Waals surface area contributed by atoms with Gasteiger partial charge in [0.15, 0.2) is 0 Å². The van der Waals surface area contributed by atoms with E-state index in [0.717, 1.165) is 16.4 Å². The van der Waals surface area contributed by atoms with Crippen LogP contribution in [0.3, 0.4) is 0 Å². The standard InChI is InChI=1S/C13H16FNO5S/c1-8-2-3-9(14)6-12(8)21(19,20)15-5-4-11(16)10(7-15)13(17)18/h2-3,6,10-11,16H,4-5,7H2,1H3,(H,17,18)/t10-,11+/m0/s1. The number of carboxylic acids is 1. The van der Waals surface area contributed by atoms with Gasteiger partial charge in [0.05, 0.1) is 16.9 Å². The molecule has 2 atom stereocenters. The van der Waals surface area contributed by atoms with Crippen molar-refractivity contribution in [2.75, 3.05) is 13.1 Å². The minimum absolute atomic E-state index is 0.00321. The lowest BCUT2D eigenvalue weighted by Crippen LogP contribution is -2.48. The van der Waals surface area contributed by atoms with Crippen molar-refractivity contribution in [1.82, 2.24) is 4.31 Å². The van der Waals surface area contributed by atoms with Crippen LogP contribution in [0.25, 0.3) is 0 Å². The Morgan fingerprint density at radius 1 is 1.43 bits per heavy atom. The molecule has 6 nitrogen and oxygen atoms in total. The van der Waals surface area contributed by atoms with Gasteiger partial charge in [-0.05, 0) is 31.0 Å². The van der Waals surface area contributed by atoms with Crippen LogP contribution in [0.1, 0.15) is 12.0 Å². The Balaban J connectivity index is 2.36. The third-order valence-corrected chi connectivity index (χ3v) is 5.63. The SMILES string of the molecule is Cc1ccc(F)cc1S(=O)(=O)N1CC[C@@H](O)[C@@H](C(=O)O)C1. The number of aliphatic hydroxyl groups is 1. The Morgan fingerprint density at radius 2 is 2.10 bits per heavy atom. The molecule has 1 aliphatic heterocycles. The van der Waals surface area contributed by atoms with Crippen molar-refractivity contribution in [2.45, 2.75) is 24.3 Å². The summed E-state index contributed by atoms with van der Waals surface area (Å²) in [7, 11) is -3.99. The summed E-state index contributed by atoms with van der Waals surface area (Å²) in [4.78, 5) is 10.9. The van der Waals surface area contributed by atoms with E-state index in [9.17, 15) is 22.7 Å². The first-order chi connectivity index (χ1) is 9.73. The highest BCUT2D eigenvalue weighted by Gasteiger charge is 2.38. The number of carboxylic acid groups (broad SMARTS) is 1. The molecule has 2 N–H and O–H groups in total. The molecule has 0 amide bonds.